The molecule has 0 fully saturated rings. The molecule has 44 valence electrons. The summed E-state index contributed by atoms with van der Waals surface area (Å²) < 4.78 is 0.972. The number of carbonyl (C=O) groups is 1. The minimum atomic E-state index is -1.01. The van der Waals surface area contributed by atoms with Gasteiger partial charge in [0.15, 0.2) is 0 Å². The van der Waals surface area contributed by atoms with Crippen LogP contribution in [-0.4, -0.2) is 20.8 Å². The van der Waals surface area contributed by atoms with Crippen molar-refractivity contribution in [1.82, 2.24) is 9.55 Å². The number of hydrogen-bond acceptors (Lipinski definition) is 2. The van der Waals surface area contributed by atoms with Crippen molar-refractivity contribution in [2.45, 2.75) is 0 Å². The van der Waals surface area contributed by atoms with Gasteiger partial charge in [-0.05, 0) is 0 Å². The first-order valence-electron chi connectivity index (χ1n) is 2.02. The SMILES string of the molecule is O=C(O)n1ccnc1.[Zn]. The van der Waals surface area contributed by atoms with Crippen LogP contribution in [0.1, 0.15) is 0 Å². The van der Waals surface area contributed by atoms with Crippen LogP contribution in [0.5, 0.6) is 0 Å². The van der Waals surface area contributed by atoms with Crippen LogP contribution in [-0.2, 0) is 19.5 Å². The molecule has 1 N–H and O–H groups in total. The zero-order chi connectivity index (χ0) is 5.98. The summed E-state index contributed by atoms with van der Waals surface area (Å²) in [4.78, 5) is 13.5. The fraction of sp³-hybridized carbons (Fsp3) is 0. The molecular formula is C4H4N2O2Zn. The standard InChI is InChI=1S/C4H4N2O2.Zn/c7-4(8)6-2-1-5-3-6;/h1-3H,(H,7,8);. The molecule has 5 heteroatoms. The molecule has 1 aromatic rings. The Balaban J connectivity index is 0.000000640. The number of carboxylic acid groups (broad SMARTS) is 1. The third-order valence-electron chi connectivity index (χ3n) is 0.725. The van der Waals surface area contributed by atoms with Crippen molar-refractivity contribution in [2.24, 2.45) is 0 Å². The quantitative estimate of drug-likeness (QED) is 0.584. The Morgan fingerprint density at radius 2 is 2.33 bits per heavy atom. The normalized spacial score (nSPS) is 8.00. The van der Waals surface area contributed by atoms with Gasteiger partial charge in [-0.15, -0.1) is 0 Å². The second-order valence-electron chi connectivity index (χ2n) is 1.25. The smallest absolute Gasteiger partial charge is 0.416 e. The Hall–Kier alpha value is -0.697. The van der Waals surface area contributed by atoms with Gasteiger partial charge in [-0.25, -0.2) is 14.3 Å². The molecule has 0 unspecified atom stereocenters. The average Bonchev–Trinajstić information content (AvgIpc) is 2.12. The van der Waals surface area contributed by atoms with Crippen molar-refractivity contribution in [3.63, 3.8) is 0 Å². The van der Waals surface area contributed by atoms with Crippen LogP contribution < -0.4 is 0 Å². The van der Waals surface area contributed by atoms with Crippen LogP contribution in [0.15, 0.2) is 18.7 Å². The van der Waals surface area contributed by atoms with Crippen LogP contribution in [0, 0.1) is 0 Å². The Morgan fingerprint density at radius 3 is 2.56 bits per heavy atom. The molecule has 0 aliphatic carbocycles. The summed E-state index contributed by atoms with van der Waals surface area (Å²) in [5.41, 5.74) is 0. The summed E-state index contributed by atoms with van der Waals surface area (Å²) >= 11 is 0. The van der Waals surface area contributed by atoms with E-state index in [-0.39, 0.29) is 19.5 Å². The molecule has 1 aromatic heterocycles. The van der Waals surface area contributed by atoms with Crippen molar-refractivity contribution < 1.29 is 29.4 Å². The van der Waals surface area contributed by atoms with Crippen molar-refractivity contribution >= 4 is 6.09 Å². The van der Waals surface area contributed by atoms with Crippen molar-refractivity contribution in [1.29, 1.82) is 0 Å². The first-order valence-corrected chi connectivity index (χ1v) is 2.02. The van der Waals surface area contributed by atoms with Crippen LogP contribution in [0.3, 0.4) is 0 Å². The molecule has 0 aliphatic heterocycles. The van der Waals surface area contributed by atoms with E-state index in [1.807, 2.05) is 0 Å². The second-order valence-corrected chi connectivity index (χ2v) is 1.25. The molecule has 0 saturated carbocycles. The largest absolute Gasteiger partial charge is 0.464 e. The first-order chi connectivity index (χ1) is 3.80. The van der Waals surface area contributed by atoms with E-state index in [4.69, 9.17) is 5.11 Å². The van der Waals surface area contributed by atoms with Crippen molar-refractivity contribution in [2.75, 3.05) is 0 Å². The predicted octanol–water partition coefficient (Wildman–Crippen LogP) is 0.407. The first kappa shape index (κ1) is 8.30. The van der Waals surface area contributed by atoms with Gasteiger partial charge in [0.05, 0.1) is 0 Å². The molecular weight excluding hydrogens is 173 g/mol. The summed E-state index contributed by atoms with van der Waals surface area (Å²) in [5, 5.41) is 8.20. The molecule has 0 bridgehead atoms. The van der Waals surface area contributed by atoms with Gasteiger partial charge in [-0.3, -0.25) is 0 Å². The summed E-state index contributed by atoms with van der Waals surface area (Å²) in [5.74, 6) is 0. The van der Waals surface area contributed by atoms with E-state index in [1.54, 1.807) is 0 Å². The molecule has 9 heavy (non-hydrogen) atoms. The number of aromatic nitrogens is 2. The van der Waals surface area contributed by atoms with Crippen LogP contribution >= 0.6 is 0 Å². The van der Waals surface area contributed by atoms with E-state index in [9.17, 15) is 4.79 Å². The number of nitrogens with zero attached hydrogens (tertiary/aromatic N) is 2. The minimum Gasteiger partial charge on any atom is -0.464 e. The molecule has 4 nitrogen and oxygen atoms in total. The maximum atomic E-state index is 9.98. The predicted molar refractivity (Wildman–Crippen MR) is 25.6 cm³/mol. The third kappa shape index (κ3) is 1.93. The zero-order valence-corrected chi connectivity index (χ0v) is 7.66. The summed E-state index contributed by atoms with van der Waals surface area (Å²) in [7, 11) is 0. The fourth-order valence-corrected chi connectivity index (χ4v) is 0.372. The number of imidazole rings is 1. The van der Waals surface area contributed by atoms with Gasteiger partial charge in [0.25, 0.3) is 0 Å². The molecule has 0 atom stereocenters. The van der Waals surface area contributed by atoms with E-state index in [0.29, 0.717) is 0 Å². The molecule has 1 heterocycles. The summed E-state index contributed by atoms with van der Waals surface area (Å²) in [6.07, 6.45) is 2.99. The minimum absolute atomic E-state index is 0. The van der Waals surface area contributed by atoms with Gasteiger partial charge in [0, 0.05) is 31.9 Å². The van der Waals surface area contributed by atoms with Gasteiger partial charge in [0.2, 0.25) is 0 Å². The maximum Gasteiger partial charge on any atom is 0.416 e. The van der Waals surface area contributed by atoms with Crippen LogP contribution in [0.25, 0.3) is 0 Å². The molecule has 0 radical (unpaired) electrons. The third-order valence-corrected chi connectivity index (χ3v) is 0.725. The average molecular weight is 177 g/mol. The van der Waals surface area contributed by atoms with Gasteiger partial charge in [-0.1, -0.05) is 0 Å². The molecule has 0 aromatic carbocycles. The Kier molecular flexibility index (Phi) is 3.09. The van der Waals surface area contributed by atoms with E-state index in [2.05, 4.69) is 4.98 Å². The summed E-state index contributed by atoms with van der Waals surface area (Å²) in [6.45, 7) is 0. The van der Waals surface area contributed by atoms with E-state index < -0.39 is 6.09 Å². The molecule has 1 rings (SSSR count). The topological polar surface area (TPSA) is 55.1 Å². The van der Waals surface area contributed by atoms with Gasteiger partial charge < -0.3 is 5.11 Å². The molecule has 0 saturated heterocycles. The molecule has 0 spiro atoms. The van der Waals surface area contributed by atoms with Gasteiger partial charge in [0.1, 0.15) is 6.33 Å². The Labute approximate surface area is 64.3 Å². The second kappa shape index (κ2) is 3.35. The van der Waals surface area contributed by atoms with E-state index in [0.717, 1.165) is 4.57 Å². The maximum absolute atomic E-state index is 9.98. The number of rotatable bonds is 0. The Morgan fingerprint density at radius 1 is 1.67 bits per heavy atom. The zero-order valence-electron chi connectivity index (χ0n) is 4.69. The Bertz CT molecular complexity index is 184. The van der Waals surface area contributed by atoms with Crippen molar-refractivity contribution in [3.8, 4) is 0 Å². The van der Waals surface area contributed by atoms with Gasteiger partial charge >= 0.3 is 6.09 Å². The van der Waals surface area contributed by atoms with Crippen LogP contribution in [0.4, 0.5) is 4.79 Å². The van der Waals surface area contributed by atoms with Gasteiger partial charge in [-0.2, -0.15) is 0 Å². The fourth-order valence-electron chi connectivity index (χ4n) is 0.372. The van der Waals surface area contributed by atoms with E-state index >= 15 is 0 Å². The monoisotopic (exact) mass is 176 g/mol. The molecule has 0 aliphatic rings. The van der Waals surface area contributed by atoms with E-state index in [1.165, 1.54) is 18.7 Å². The van der Waals surface area contributed by atoms with Crippen molar-refractivity contribution in [3.05, 3.63) is 18.7 Å². The molecule has 0 amide bonds. The number of hydrogen-bond donors (Lipinski definition) is 1. The van der Waals surface area contributed by atoms with Crippen LogP contribution in [0.2, 0.25) is 0 Å². The summed E-state index contributed by atoms with van der Waals surface area (Å²) in [6, 6.07) is 0.